The van der Waals surface area contributed by atoms with Crippen LogP contribution in [0.2, 0.25) is 0 Å². The van der Waals surface area contributed by atoms with E-state index in [0.29, 0.717) is 17.5 Å². The van der Waals surface area contributed by atoms with Crippen LogP contribution in [0.4, 0.5) is 0 Å². The molecular formula is C47H29N3S. The van der Waals surface area contributed by atoms with Crippen molar-refractivity contribution < 1.29 is 0 Å². The second kappa shape index (κ2) is 12.2. The van der Waals surface area contributed by atoms with Gasteiger partial charge in [-0.25, -0.2) is 15.0 Å². The number of aromatic nitrogens is 3. The standard InChI is InChI=1S/C47H29N3S/c1-3-11-30(12-4-1)34-17-9-18-37(28-34)46-48-45(32-14-5-2-6-15-32)49-47(50-46)40-24-26-43-44-38(40)19-10-20-39(44)41-29-36(23-25-42(41)51-43)35-22-21-31-13-7-8-16-33(31)27-35/h1-29H. The Labute approximate surface area is 300 Å². The maximum Gasteiger partial charge on any atom is 0.164 e. The zero-order valence-electron chi connectivity index (χ0n) is 27.5. The van der Waals surface area contributed by atoms with Crippen molar-refractivity contribution in [3.05, 3.63) is 176 Å². The summed E-state index contributed by atoms with van der Waals surface area (Å²) in [5.74, 6) is 1.96. The van der Waals surface area contributed by atoms with Crippen LogP contribution in [0, 0.1) is 0 Å². The summed E-state index contributed by atoms with van der Waals surface area (Å²) in [7, 11) is 0. The summed E-state index contributed by atoms with van der Waals surface area (Å²) >= 11 is 1.83. The lowest BCUT2D eigenvalue weighted by molar-refractivity contribution is 1.08. The lowest BCUT2D eigenvalue weighted by Gasteiger charge is -2.22. The summed E-state index contributed by atoms with van der Waals surface area (Å²) in [4.78, 5) is 17.8. The van der Waals surface area contributed by atoms with Gasteiger partial charge >= 0.3 is 0 Å². The van der Waals surface area contributed by atoms with Gasteiger partial charge in [0, 0.05) is 31.9 Å². The summed E-state index contributed by atoms with van der Waals surface area (Å²) in [5, 5.41) is 4.87. The van der Waals surface area contributed by atoms with Gasteiger partial charge in [0.1, 0.15) is 0 Å². The lowest BCUT2D eigenvalue weighted by Crippen LogP contribution is -2.01. The highest BCUT2D eigenvalue weighted by Crippen LogP contribution is 2.50. The Hall–Kier alpha value is -6.36. The maximum atomic E-state index is 5.18. The van der Waals surface area contributed by atoms with E-state index in [2.05, 4.69) is 152 Å². The predicted molar refractivity (Wildman–Crippen MR) is 212 cm³/mol. The maximum absolute atomic E-state index is 5.18. The van der Waals surface area contributed by atoms with E-state index in [1.54, 1.807) is 0 Å². The molecule has 0 amide bonds. The third-order valence-electron chi connectivity index (χ3n) is 9.71. The zero-order valence-corrected chi connectivity index (χ0v) is 28.3. The van der Waals surface area contributed by atoms with Crippen molar-refractivity contribution in [2.75, 3.05) is 0 Å². The summed E-state index contributed by atoms with van der Waals surface area (Å²) in [6.45, 7) is 0. The van der Waals surface area contributed by atoms with Gasteiger partial charge in [-0.15, -0.1) is 0 Å². The average Bonchev–Trinajstić information content (AvgIpc) is 3.21. The van der Waals surface area contributed by atoms with Crippen molar-refractivity contribution in [2.45, 2.75) is 9.79 Å². The van der Waals surface area contributed by atoms with Gasteiger partial charge in [0.2, 0.25) is 0 Å². The Morgan fingerprint density at radius 2 is 0.922 bits per heavy atom. The Bertz CT molecular complexity index is 2780. The van der Waals surface area contributed by atoms with Crippen molar-refractivity contribution in [3.8, 4) is 67.5 Å². The first-order valence-electron chi connectivity index (χ1n) is 17.1. The molecule has 1 aliphatic heterocycles. The Kier molecular flexibility index (Phi) is 7.07. The summed E-state index contributed by atoms with van der Waals surface area (Å²) in [6, 6.07) is 62.2. The zero-order chi connectivity index (χ0) is 33.7. The molecule has 3 nitrogen and oxygen atoms in total. The van der Waals surface area contributed by atoms with Crippen molar-refractivity contribution in [3.63, 3.8) is 0 Å². The van der Waals surface area contributed by atoms with E-state index in [9.17, 15) is 0 Å². The van der Waals surface area contributed by atoms with Crippen LogP contribution in [0.3, 0.4) is 0 Å². The first kappa shape index (κ1) is 29.5. The summed E-state index contributed by atoms with van der Waals surface area (Å²) in [5.41, 5.74) is 10.1. The largest absolute Gasteiger partial charge is 0.208 e. The molecule has 51 heavy (non-hydrogen) atoms. The van der Waals surface area contributed by atoms with Crippen molar-refractivity contribution in [2.24, 2.45) is 0 Å². The van der Waals surface area contributed by atoms with Gasteiger partial charge in [0.15, 0.2) is 17.5 Å². The van der Waals surface area contributed by atoms with E-state index in [4.69, 9.17) is 15.0 Å². The third-order valence-corrected chi connectivity index (χ3v) is 10.8. The number of rotatable bonds is 5. The molecule has 0 atom stereocenters. The Balaban J connectivity index is 1.13. The fraction of sp³-hybridized carbons (Fsp3) is 0. The minimum absolute atomic E-state index is 0.650. The van der Waals surface area contributed by atoms with E-state index in [0.717, 1.165) is 33.2 Å². The second-order valence-electron chi connectivity index (χ2n) is 12.8. The minimum atomic E-state index is 0.650. The van der Waals surface area contributed by atoms with E-state index < -0.39 is 0 Å². The van der Waals surface area contributed by atoms with E-state index >= 15 is 0 Å². The van der Waals surface area contributed by atoms with Crippen molar-refractivity contribution >= 4 is 33.3 Å². The number of hydrogen-bond donors (Lipinski definition) is 0. The normalized spacial score (nSPS) is 11.8. The van der Waals surface area contributed by atoms with Crippen molar-refractivity contribution in [1.29, 1.82) is 0 Å². The molecule has 8 aromatic carbocycles. The predicted octanol–water partition coefficient (Wildman–Crippen LogP) is 12.6. The molecule has 2 heterocycles. The van der Waals surface area contributed by atoms with Crippen molar-refractivity contribution in [1.82, 2.24) is 15.0 Å². The van der Waals surface area contributed by atoms with Gasteiger partial charge in [-0.2, -0.15) is 0 Å². The molecule has 0 aliphatic carbocycles. The molecule has 0 saturated heterocycles. The third kappa shape index (κ3) is 5.29. The smallest absolute Gasteiger partial charge is 0.164 e. The van der Waals surface area contributed by atoms with Crippen LogP contribution in [-0.2, 0) is 0 Å². The van der Waals surface area contributed by atoms with Gasteiger partial charge in [0.25, 0.3) is 0 Å². The summed E-state index contributed by atoms with van der Waals surface area (Å²) < 4.78 is 0. The van der Waals surface area contributed by atoms with E-state index in [-0.39, 0.29) is 0 Å². The van der Waals surface area contributed by atoms with Crippen LogP contribution in [0.15, 0.2) is 186 Å². The number of fused-ring (bicyclic) bond motifs is 3. The van der Waals surface area contributed by atoms with Gasteiger partial charge in [-0.3, -0.25) is 0 Å². The fourth-order valence-corrected chi connectivity index (χ4v) is 8.30. The first-order valence-corrected chi connectivity index (χ1v) is 17.9. The number of hydrogen-bond acceptors (Lipinski definition) is 4. The van der Waals surface area contributed by atoms with Gasteiger partial charge in [0.05, 0.1) is 0 Å². The number of nitrogens with zero attached hydrogens (tertiary/aromatic N) is 3. The molecule has 4 heteroatoms. The second-order valence-corrected chi connectivity index (χ2v) is 13.9. The molecule has 238 valence electrons. The molecule has 0 unspecified atom stereocenters. The Morgan fingerprint density at radius 3 is 1.76 bits per heavy atom. The highest BCUT2D eigenvalue weighted by Gasteiger charge is 2.23. The molecule has 0 bridgehead atoms. The van der Waals surface area contributed by atoms with E-state index in [1.165, 1.54) is 48.2 Å². The van der Waals surface area contributed by atoms with Crippen LogP contribution in [0.1, 0.15) is 0 Å². The fourth-order valence-electron chi connectivity index (χ4n) is 7.19. The van der Waals surface area contributed by atoms with Crippen LogP contribution in [-0.4, -0.2) is 15.0 Å². The monoisotopic (exact) mass is 667 g/mol. The summed E-state index contributed by atoms with van der Waals surface area (Å²) in [6.07, 6.45) is 0. The molecule has 0 fully saturated rings. The highest BCUT2D eigenvalue weighted by molar-refractivity contribution is 7.99. The molecule has 1 aliphatic rings. The van der Waals surface area contributed by atoms with Crippen LogP contribution >= 0.6 is 11.8 Å². The first-order chi connectivity index (χ1) is 25.2. The van der Waals surface area contributed by atoms with Gasteiger partial charge < -0.3 is 0 Å². The van der Waals surface area contributed by atoms with Gasteiger partial charge in [-0.05, 0) is 85.9 Å². The SMILES string of the molecule is c1ccc(-c2cccc(-c3nc(-c4ccccc4)nc(-c4ccc5c6c(cccc46)-c4cc(-c6ccc7ccccc7c6)ccc4S5)n3)c2)cc1. The number of benzene rings is 8. The van der Waals surface area contributed by atoms with Gasteiger partial charge in [-0.1, -0.05) is 151 Å². The molecule has 0 radical (unpaired) electrons. The van der Waals surface area contributed by atoms with Crippen LogP contribution in [0.25, 0.3) is 89.1 Å². The topological polar surface area (TPSA) is 38.7 Å². The quantitative estimate of drug-likeness (QED) is 0.183. The molecule has 0 N–H and O–H groups in total. The average molecular weight is 668 g/mol. The molecular weight excluding hydrogens is 639 g/mol. The highest BCUT2D eigenvalue weighted by atomic mass is 32.2. The molecule has 0 saturated carbocycles. The Morgan fingerprint density at radius 1 is 0.314 bits per heavy atom. The lowest BCUT2D eigenvalue weighted by atomic mass is 9.92. The molecule has 1 aromatic heterocycles. The molecule has 0 spiro atoms. The van der Waals surface area contributed by atoms with E-state index in [1.807, 2.05) is 36.0 Å². The minimum Gasteiger partial charge on any atom is -0.208 e. The van der Waals surface area contributed by atoms with Crippen LogP contribution < -0.4 is 0 Å². The molecule has 9 aromatic rings. The molecule has 10 rings (SSSR count). The van der Waals surface area contributed by atoms with Crippen LogP contribution in [0.5, 0.6) is 0 Å².